The van der Waals surface area contributed by atoms with Crippen molar-refractivity contribution in [1.29, 1.82) is 0 Å². The zero-order valence-electron chi connectivity index (χ0n) is 14.7. The Morgan fingerprint density at radius 3 is 2.48 bits per heavy atom. The minimum Gasteiger partial charge on any atom is -0.461 e. The number of benzene rings is 2. The fourth-order valence-corrected chi connectivity index (χ4v) is 3.31. The normalized spacial score (nSPS) is 11.2. The van der Waals surface area contributed by atoms with Gasteiger partial charge in [0.2, 0.25) is 0 Å². The Kier molecular flexibility index (Phi) is 5.22. The van der Waals surface area contributed by atoms with Gasteiger partial charge in [0.15, 0.2) is 11.4 Å². The SMILES string of the molecule is CCOC(=O)c1n[nH]nc1-c1ccccc1OS(=O)(=O)c1ccc(C)cc1. The summed E-state index contributed by atoms with van der Waals surface area (Å²) in [6, 6.07) is 12.6. The fourth-order valence-electron chi connectivity index (χ4n) is 2.37. The van der Waals surface area contributed by atoms with Crippen LogP contribution < -0.4 is 4.18 Å². The minimum absolute atomic E-state index is 0.0219. The lowest BCUT2D eigenvalue weighted by molar-refractivity contribution is 0.0520. The van der Waals surface area contributed by atoms with Gasteiger partial charge in [0.05, 0.1) is 6.61 Å². The summed E-state index contributed by atoms with van der Waals surface area (Å²) in [5.74, 6) is -0.644. The molecule has 27 heavy (non-hydrogen) atoms. The second-order valence-corrected chi connectivity index (χ2v) is 7.13. The van der Waals surface area contributed by atoms with Gasteiger partial charge in [-0.15, -0.1) is 5.10 Å². The quantitative estimate of drug-likeness (QED) is 0.511. The Balaban J connectivity index is 2.00. The van der Waals surface area contributed by atoms with Crippen LogP contribution in [0.2, 0.25) is 0 Å². The van der Waals surface area contributed by atoms with Gasteiger partial charge in [-0.25, -0.2) is 4.79 Å². The number of nitrogens with zero attached hydrogens (tertiary/aromatic N) is 2. The molecule has 0 spiro atoms. The highest BCUT2D eigenvalue weighted by molar-refractivity contribution is 7.87. The molecule has 2 aromatic carbocycles. The second kappa shape index (κ2) is 7.58. The van der Waals surface area contributed by atoms with E-state index in [1.54, 1.807) is 37.3 Å². The van der Waals surface area contributed by atoms with Crippen molar-refractivity contribution in [3.8, 4) is 17.0 Å². The van der Waals surface area contributed by atoms with Crippen molar-refractivity contribution < 1.29 is 22.1 Å². The molecule has 0 saturated carbocycles. The number of carbonyl (C=O) groups excluding carboxylic acids is 1. The van der Waals surface area contributed by atoms with Gasteiger partial charge in [-0.2, -0.15) is 18.7 Å². The Bertz CT molecular complexity index is 1060. The van der Waals surface area contributed by atoms with Crippen LogP contribution in [-0.2, 0) is 14.9 Å². The van der Waals surface area contributed by atoms with Gasteiger partial charge in [0.1, 0.15) is 10.6 Å². The molecule has 9 heteroatoms. The molecule has 0 bridgehead atoms. The van der Waals surface area contributed by atoms with Crippen LogP contribution in [0.25, 0.3) is 11.3 Å². The largest absolute Gasteiger partial charge is 0.461 e. The Morgan fingerprint density at radius 1 is 1.07 bits per heavy atom. The van der Waals surface area contributed by atoms with Gasteiger partial charge in [-0.1, -0.05) is 29.8 Å². The number of H-pyrrole nitrogens is 1. The average Bonchev–Trinajstić information content (AvgIpc) is 3.12. The first-order chi connectivity index (χ1) is 12.9. The van der Waals surface area contributed by atoms with E-state index in [0.717, 1.165) is 5.56 Å². The van der Waals surface area contributed by atoms with E-state index in [1.807, 2.05) is 6.92 Å². The second-order valence-electron chi connectivity index (χ2n) is 5.59. The van der Waals surface area contributed by atoms with Gasteiger partial charge in [0.25, 0.3) is 0 Å². The highest BCUT2D eigenvalue weighted by atomic mass is 32.2. The molecule has 3 aromatic rings. The van der Waals surface area contributed by atoms with Crippen LogP contribution in [0.1, 0.15) is 23.0 Å². The first kappa shape index (κ1) is 18.6. The summed E-state index contributed by atoms with van der Waals surface area (Å²) < 4.78 is 35.5. The summed E-state index contributed by atoms with van der Waals surface area (Å²) in [4.78, 5) is 12.1. The number of rotatable bonds is 6. The topological polar surface area (TPSA) is 111 Å². The van der Waals surface area contributed by atoms with E-state index in [9.17, 15) is 13.2 Å². The molecule has 0 radical (unpaired) electrons. The molecule has 0 aliphatic heterocycles. The number of ether oxygens (including phenoxy) is 1. The van der Waals surface area contributed by atoms with E-state index >= 15 is 0 Å². The van der Waals surface area contributed by atoms with Crippen LogP contribution in [0.3, 0.4) is 0 Å². The van der Waals surface area contributed by atoms with Crippen molar-refractivity contribution in [2.75, 3.05) is 6.61 Å². The van der Waals surface area contributed by atoms with E-state index in [2.05, 4.69) is 15.4 Å². The number of hydrogen-bond donors (Lipinski definition) is 1. The number of aromatic amines is 1. The number of para-hydroxylation sites is 1. The minimum atomic E-state index is -4.06. The zero-order valence-corrected chi connectivity index (χ0v) is 15.5. The number of carbonyl (C=O) groups is 1. The van der Waals surface area contributed by atoms with E-state index in [4.69, 9.17) is 8.92 Å². The summed E-state index contributed by atoms with van der Waals surface area (Å²) in [5, 5.41) is 10.1. The third-order valence-electron chi connectivity index (χ3n) is 3.67. The van der Waals surface area contributed by atoms with E-state index in [-0.39, 0.29) is 28.6 Å². The number of aromatic nitrogens is 3. The molecule has 0 aliphatic carbocycles. The molecule has 8 nitrogen and oxygen atoms in total. The number of hydrogen-bond acceptors (Lipinski definition) is 7. The Hall–Kier alpha value is -3.20. The average molecular weight is 387 g/mol. The predicted octanol–water partition coefficient (Wildman–Crippen LogP) is 2.72. The third-order valence-corrected chi connectivity index (χ3v) is 4.92. The number of aryl methyl sites for hydroxylation is 1. The standard InChI is InChI=1S/C18H17N3O5S/c1-3-25-18(22)17-16(19-21-20-17)14-6-4-5-7-15(14)26-27(23,24)13-10-8-12(2)9-11-13/h4-11H,3H2,1-2H3,(H,19,20,21). The monoisotopic (exact) mass is 387 g/mol. The maximum absolute atomic E-state index is 12.6. The molecular weight excluding hydrogens is 370 g/mol. The highest BCUT2D eigenvalue weighted by Gasteiger charge is 2.24. The summed E-state index contributed by atoms with van der Waals surface area (Å²) in [6.07, 6.45) is 0. The fraction of sp³-hybridized carbons (Fsp3) is 0.167. The molecule has 1 aromatic heterocycles. The van der Waals surface area contributed by atoms with Crippen molar-refractivity contribution in [3.05, 3.63) is 59.8 Å². The number of nitrogens with one attached hydrogen (secondary N) is 1. The van der Waals surface area contributed by atoms with Crippen molar-refractivity contribution >= 4 is 16.1 Å². The molecule has 0 amide bonds. The Morgan fingerprint density at radius 2 is 1.78 bits per heavy atom. The summed E-state index contributed by atoms with van der Waals surface area (Å²) in [7, 11) is -4.06. The van der Waals surface area contributed by atoms with Crippen LogP contribution in [-0.4, -0.2) is 36.4 Å². The molecule has 3 rings (SSSR count). The summed E-state index contributed by atoms with van der Waals surface area (Å²) in [5.41, 5.74) is 1.31. The van der Waals surface area contributed by atoms with Crippen molar-refractivity contribution in [3.63, 3.8) is 0 Å². The third kappa shape index (κ3) is 3.98. The number of esters is 1. The molecule has 0 fully saturated rings. The van der Waals surface area contributed by atoms with Gasteiger partial charge in [0, 0.05) is 5.56 Å². The first-order valence-corrected chi connectivity index (χ1v) is 9.51. The van der Waals surface area contributed by atoms with E-state index < -0.39 is 16.1 Å². The van der Waals surface area contributed by atoms with Crippen LogP contribution >= 0.6 is 0 Å². The molecule has 0 atom stereocenters. The molecule has 0 unspecified atom stereocenters. The smallest absolute Gasteiger partial charge is 0.361 e. The van der Waals surface area contributed by atoms with Crippen molar-refractivity contribution in [1.82, 2.24) is 15.4 Å². The van der Waals surface area contributed by atoms with Gasteiger partial charge >= 0.3 is 16.1 Å². The molecule has 140 valence electrons. The van der Waals surface area contributed by atoms with E-state index in [1.165, 1.54) is 18.2 Å². The van der Waals surface area contributed by atoms with Crippen LogP contribution in [0, 0.1) is 6.92 Å². The van der Waals surface area contributed by atoms with Crippen LogP contribution in [0.15, 0.2) is 53.4 Å². The molecular formula is C18H17N3O5S. The zero-order chi connectivity index (χ0) is 19.4. The summed E-state index contributed by atoms with van der Waals surface area (Å²) >= 11 is 0. The predicted molar refractivity (Wildman–Crippen MR) is 96.8 cm³/mol. The lowest BCUT2D eigenvalue weighted by Gasteiger charge is -2.11. The van der Waals surface area contributed by atoms with Gasteiger partial charge < -0.3 is 8.92 Å². The van der Waals surface area contributed by atoms with Crippen LogP contribution in [0.5, 0.6) is 5.75 Å². The van der Waals surface area contributed by atoms with Gasteiger partial charge in [-0.05, 0) is 38.1 Å². The highest BCUT2D eigenvalue weighted by Crippen LogP contribution is 2.32. The molecule has 0 saturated heterocycles. The lowest BCUT2D eigenvalue weighted by Crippen LogP contribution is -2.11. The molecule has 1 N–H and O–H groups in total. The van der Waals surface area contributed by atoms with Crippen molar-refractivity contribution in [2.24, 2.45) is 0 Å². The van der Waals surface area contributed by atoms with Crippen LogP contribution in [0.4, 0.5) is 0 Å². The first-order valence-electron chi connectivity index (χ1n) is 8.11. The van der Waals surface area contributed by atoms with Gasteiger partial charge in [-0.3, -0.25) is 0 Å². The molecule has 0 aliphatic rings. The van der Waals surface area contributed by atoms with E-state index in [0.29, 0.717) is 5.56 Å². The summed E-state index contributed by atoms with van der Waals surface area (Å²) in [6.45, 7) is 3.70. The van der Waals surface area contributed by atoms with Crippen molar-refractivity contribution in [2.45, 2.75) is 18.7 Å². The lowest BCUT2D eigenvalue weighted by atomic mass is 10.1. The maximum Gasteiger partial charge on any atom is 0.361 e. The maximum atomic E-state index is 12.6. The Labute approximate surface area is 156 Å². The molecule has 1 heterocycles.